The van der Waals surface area contributed by atoms with Gasteiger partial charge in [-0.05, 0) is 107 Å². The molecular weight excluding hydrogens is 1020 g/mol. The van der Waals surface area contributed by atoms with Crippen LogP contribution in [-0.4, -0.2) is 13.2 Å². The first kappa shape index (κ1) is 100. The highest BCUT2D eigenvalue weighted by molar-refractivity contribution is 5.17. The molecule has 0 bridgehead atoms. The molecule has 1 aromatic rings. The average molecular weight is 1200 g/mol. The molecule has 1 heteroatoms. The van der Waals surface area contributed by atoms with Gasteiger partial charge in [0.25, 0.3) is 0 Å². The summed E-state index contributed by atoms with van der Waals surface area (Å²) in [6, 6.07) is 10.5. The Morgan fingerprint density at radius 2 is 0.741 bits per heavy atom. The summed E-state index contributed by atoms with van der Waals surface area (Å²) in [5.41, 5.74) is 1.91. The maximum atomic E-state index is 5.13. The van der Waals surface area contributed by atoms with Crippen molar-refractivity contribution in [1.29, 1.82) is 0 Å². The molecule has 0 aromatic heterocycles. The van der Waals surface area contributed by atoms with Gasteiger partial charge in [-0.2, -0.15) is 0 Å². The molecule has 85 heavy (non-hydrogen) atoms. The Morgan fingerprint density at radius 3 is 0.965 bits per heavy atom. The molecule has 0 amide bonds. The van der Waals surface area contributed by atoms with E-state index in [4.69, 9.17) is 4.74 Å². The highest BCUT2D eigenvalue weighted by atomic mass is 16.5. The van der Waals surface area contributed by atoms with Gasteiger partial charge in [-0.25, -0.2) is 0 Å². The molecule has 2 saturated carbocycles. The van der Waals surface area contributed by atoms with Crippen molar-refractivity contribution in [2.24, 2.45) is 82.3 Å². The van der Waals surface area contributed by atoms with E-state index in [1.165, 1.54) is 185 Å². The molecule has 3 rings (SSSR count). The van der Waals surface area contributed by atoms with Gasteiger partial charge in [0, 0.05) is 7.11 Å². The Morgan fingerprint density at radius 1 is 0.376 bits per heavy atom. The summed E-state index contributed by atoms with van der Waals surface area (Å²) in [5, 5.41) is 0. The second-order valence-electron chi connectivity index (χ2n) is 31.2. The van der Waals surface area contributed by atoms with Crippen molar-refractivity contribution in [3.8, 4) is 0 Å². The summed E-state index contributed by atoms with van der Waals surface area (Å²) in [6.45, 7) is 74.7. The van der Waals surface area contributed by atoms with Gasteiger partial charge in [0.05, 0.1) is 6.10 Å². The Balaban J connectivity index is -0.000000129. The SMILES string of the molecule is CC(C)C(C)(C)C.CC(C)C(C)C.CC(C)C1CCCC1.CC(C)C1CCCCC1.CC(C)c1ccccc1.CCC(C)C.CCC(C)CC.CCCC(C)CC.CCCC(C)CCCC(C)C.CCCCC(C)C.CCCCCCC(C)OC. The monoisotopic (exact) mass is 1200 g/mol. The second kappa shape index (κ2) is 73.9. The molecule has 520 valence electrons. The molecule has 0 aliphatic heterocycles. The fraction of sp³-hybridized carbons (Fsp3) is 0.929. The zero-order chi connectivity index (χ0) is 67.8. The predicted octanol–water partition coefficient (Wildman–Crippen LogP) is 31.3. The zero-order valence-corrected chi connectivity index (χ0v) is 66.8. The normalized spacial score (nSPS) is 14.2. The van der Waals surface area contributed by atoms with Gasteiger partial charge in [-0.15, -0.1) is 0 Å². The largest absolute Gasteiger partial charge is 0.382 e. The third-order valence-electron chi connectivity index (χ3n) is 18.4. The molecule has 0 heterocycles. The van der Waals surface area contributed by atoms with Crippen LogP contribution < -0.4 is 0 Å². The van der Waals surface area contributed by atoms with Crippen molar-refractivity contribution in [2.45, 2.75) is 420 Å². The van der Waals surface area contributed by atoms with Crippen molar-refractivity contribution < 1.29 is 4.74 Å². The topological polar surface area (TPSA) is 9.23 Å². The lowest BCUT2D eigenvalue weighted by Gasteiger charge is -2.24. The van der Waals surface area contributed by atoms with Gasteiger partial charge in [0.15, 0.2) is 0 Å². The van der Waals surface area contributed by atoms with Crippen molar-refractivity contribution in [3.63, 3.8) is 0 Å². The Hall–Kier alpha value is -0.820. The van der Waals surface area contributed by atoms with Gasteiger partial charge in [-0.1, -0.05) is 425 Å². The first-order valence-corrected chi connectivity index (χ1v) is 38.2. The van der Waals surface area contributed by atoms with Crippen LogP contribution in [0.1, 0.15) is 420 Å². The lowest BCUT2D eigenvalue weighted by atomic mass is 9.82. The highest BCUT2D eigenvalue weighted by Gasteiger charge is 2.18. The molecule has 1 nitrogen and oxygen atoms in total. The molecule has 3 unspecified atom stereocenters. The average Bonchev–Trinajstić information content (AvgIpc) is 4.04. The molecule has 3 atom stereocenters. The zero-order valence-electron chi connectivity index (χ0n) is 66.8. The molecule has 0 saturated heterocycles. The van der Waals surface area contributed by atoms with E-state index >= 15 is 0 Å². The van der Waals surface area contributed by atoms with Crippen LogP contribution >= 0.6 is 0 Å². The van der Waals surface area contributed by atoms with Crippen LogP contribution in [0.2, 0.25) is 0 Å². The summed E-state index contributed by atoms with van der Waals surface area (Å²) < 4.78 is 5.13. The number of hydrogen-bond donors (Lipinski definition) is 0. The quantitative estimate of drug-likeness (QED) is 0.0887. The van der Waals surface area contributed by atoms with E-state index in [0.717, 1.165) is 76.9 Å². The summed E-state index contributed by atoms with van der Waals surface area (Å²) in [7, 11) is 1.78. The molecular formula is C84H178O. The number of unbranched alkanes of at least 4 members (excludes halogenated alkanes) is 4. The minimum absolute atomic E-state index is 0.455. The first-order chi connectivity index (χ1) is 39.6. The van der Waals surface area contributed by atoms with Crippen LogP contribution in [0.4, 0.5) is 0 Å². The van der Waals surface area contributed by atoms with E-state index in [1.807, 2.05) is 6.07 Å². The molecule has 2 aliphatic carbocycles. The van der Waals surface area contributed by atoms with E-state index in [2.05, 4.69) is 253 Å². The van der Waals surface area contributed by atoms with Crippen molar-refractivity contribution >= 4 is 0 Å². The number of ether oxygens (including phenoxy) is 1. The van der Waals surface area contributed by atoms with Gasteiger partial charge in [-0.3, -0.25) is 0 Å². The third-order valence-corrected chi connectivity index (χ3v) is 18.4. The van der Waals surface area contributed by atoms with E-state index in [0.29, 0.717) is 17.4 Å². The lowest BCUT2D eigenvalue weighted by Crippen LogP contribution is -2.12. The molecule has 2 aliphatic rings. The summed E-state index contributed by atoms with van der Waals surface area (Å²) in [6.07, 6.45) is 39.7. The predicted molar refractivity (Wildman–Crippen MR) is 404 cm³/mol. The number of benzene rings is 1. The molecule has 0 spiro atoms. The van der Waals surface area contributed by atoms with E-state index in [-0.39, 0.29) is 0 Å². The maximum absolute atomic E-state index is 5.13. The minimum Gasteiger partial charge on any atom is -0.382 e. The van der Waals surface area contributed by atoms with Crippen LogP contribution in [0.3, 0.4) is 0 Å². The van der Waals surface area contributed by atoms with Gasteiger partial charge in [0.1, 0.15) is 0 Å². The van der Waals surface area contributed by atoms with E-state index in [9.17, 15) is 0 Å². The first-order valence-electron chi connectivity index (χ1n) is 38.2. The standard InChI is InChI=1S/C11H24.C9H20O.C9H18.C9H12.C8H16.3C7H16.2C6H14.C5H12/c1-5-7-11(4)9-6-8-10(2)3;1-4-5-6-7-8-9(2)10-3;2*1-8(2)9-6-4-3-5-7-9;1-7(2)8-5-3-4-6-8;1-6(2)7(3,4)5;1-4-5-6-7(2)3;1-4-6-7(3)5-2;1-5(2)6(3)4;1-4-6(3)5-2;1-4-5(2)3/h10-11H,5-9H2,1-4H3;9H,4-8H2,1-3H3;8-9H,3-7H2,1-2H3;3-8H,1-2H3;7-8H,3-6H2,1-2H3;6H,1-5H3;2*7H,4-6H2,1-3H3;5-6H,1-4H3;6H,4-5H2,1-3H3;5H,4H2,1-3H3. The summed E-state index contributed by atoms with van der Waals surface area (Å²) >= 11 is 0. The van der Waals surface area contributed by atoms with Crippen molar-refractivity contribution in [1.82, 2.24) is 0 Å². The molecule has 2 fully saturated rings. The second-order valence-corrected chi connectivity index (χ2v) is 31.2. The Bertz CT molecular complexity index is 1240. The lowest BCUT2D eigenvalue weighted by molar-refractivity contribution is 0.108. The highest BCUT2D eigenvalue weighted by Crippen LogP contribution is 2.31. The fourth-order valence-corrected chi connectivity index (χ4v) is 8.35. The number of hydrogen-bond acceptors (Lipinski definition) is 1. The van der Waals surface area contributed by atoms with Gasteiger partial charge < -0.3 is 4.74 Å². The van der Waals surface area contributed by atoms with Gasteiger partial charge >= 0.3 is 0 Å². The number of methoxy groups -OCH3 is 1. The van der Waals surface area contributed by atoms with Crippen LogP contribution in [0.5, 0.6) is 0 Å². The van der Waals surface area contributed by atoms with Crippen molar-refractivity contribution in [3.05, 3.63) is 35.9 Å². The van der Waals surface area contributed by atoms with Crippen molar-refractivity contribution in [2.75, 3.05) is 7.11 Å². The summed E-state index contributed by atoms with van der Waals surface area (Å²) in [4.78, 5) is 0. The Labute approximate surface area is 547 Å². The molecule has 0 radical (unpaired) electrons. The van der Waals surface area contributed by atoms with E-state index < -0.39 is 0 Å². The van der Waals surface area contributed by atoms with Crippen LogP contribution in [0.15, 0.2) is 30.3 Å². The summed E-state index contributed by atoms with van der Waals surface area (Å²) in [5.74, 6) is 12.7. The molecule has 0 N–H and O–H groups in total. The van der Waals surface area contributed by atoms with Crippen LogP contribution in [0, 0.1) is 82.3 Å². The van der Waals surface area contributed by atoms with E-state index in [1.54, 1.807) is 7.11 Å². The Kier molecular flexibility index (Phi) is 87.3. The third kappa shape index (κ3) is 94.5. The minimum atomic E-state index is 0.455. The van der Waals surface area contributed by atoms with Crippen LogP contribution in [-0.2, 0) is 4.74 Å². The fourth-order valence-electron chi connectivity index (χ4n) is 8.35. The number of rotatable bonds is 25. The molecule has 1 aromatic carbocycles. The van der Waals surface area contributed by atoms with Crippen LogP contribution in [0.25, 0.3) is 0 Å². The maximum Gasteiger partial charge on any atom is 0.0543 e. The van der Waals surface area contributed by atoms with Gasteiger partial charge in [0.2, 0.25) is 0 Å². The smallest absolute Gasteiger partial charge is 0.0543 e.